The Morgan fingerprint density at radius 1 is 1.27 bits per heavy atom. The number of hydrogen-bond donors (Lipinski definition) is 1. The Hall–Kier alpha value is -0.570. The Balaban J connectivity index is 1.92. The van der Waals surface area contributed by atoms with E-state index in [9.17, 15) is 4.79 Å². The molecule has 1 atom stereocenters. The number of hydrogen-bond acceptors (Lipinski definition) is 2. The lowest BCUT2D eigenvalue weighted by atomic mass is 10.2. The smallest absolute Gasteiger partial charge is 0.210 e. The first-order valence-electron chi connectivity index (χ1n) is 4.35. The van der Waals surface area contributed by atoms with Crippen LogP contribution in [-0.2, 0) is 4.79 Å². The molecule has 2 fully saturated rings. The molecule has 1 N–H and O–H groups in total. The second-order valence-corrected chi connectivity index (χ2v) is 3.43. The van der Waals surface area contributed by atoms with Gasteiger partial charge in [-0.1, -0.05) is 0 Å². The Bertz CT molecular complexity index is 150. The zero-order valence-corrected chi connectivity index (χ0v) is 6.62. The lowest BCUT2D eigenvalue weighted by molar-refractivity contribution is -0.120. The Morgan fingerprint density at radius 2 is 2.09 bits per heavy atom. The fourth-order valence-electron chi connectivity index (χ4n) is 1.74. The summed E-state index contributed by atoms with van der Waals surface area (Å²) in [7, 11) is 0. The molecule has 1 amide bonds. The SMILES string of the molecule is O=CN(C1CC1)[C@@H]1CCNC1. The molecule has 2 rings (SSSR count). The summed E-state index contributed by atoms with van der Waals surface area (Å²) in [5.41, 5.74) is 0. The van der Waals surface area contributed by atoms with Crippen molar-refractivity contribution in [2.45, 2.75) is 31.3 Å². The van der Waals surface area contributed by atoms with Crippen molar-refractivity contribution in [2.75, 3.05) is 13.1 Å². The number of carbonyl (C=O) groups excluding carboxylic acids is 1. The molecule has 11 heavy (non-hydrogen) atoms. The van der Waals surface area contributed by atoms with Crippen LogP contribution in [0.4, 0.5) is 0 Å². The molecule has 1 saturated carbocycles. The summed E-state index contributed by atoms with van der Waals surface area (Å²) in [6.07, 6.45) is 4.59. The molecule has 1 saturated heterocycles. The maximum Gasteiger partial charge on any atom is 0.210 e. The van der Waals surface area contributed by atoms with E-state index in [0.717, 1.165) is 25.9 Å². The summed E-state index contributed by atoms with van der Waals surface area (Å²) >= 11 is 0. The van der Waals surface area contributed by atoms with Crippen LogP contribution in [0.15, 0.2) is 0 Å². The summed E-state index contributed by atoms with van der Waals surface area (Å²) in [6.45, 7) is 2.07. The molecular formula is C8H14N2O. The van der Waals surface area contributed by atoms with Gasteiger partial charge in [0, 0.05) is 18.6 Å². The average Bonchev–Trinajstić information content (AvgIpc) is 2.68. The van der Waals surface area contributed by atoms with E-state index in [0.29, 0.717) is 12.1 Å². The fourth-order valence-corrected chi connectivity index (χ4v) is 1.74. The van der Waals surface area contributed by atoms with Crippen molar-refractivity contribution < 1.29 is 4.79 Å². The van der Waals surface area contributed by atoms with Crippen molar-refractivity contribution in [1.82, 2.24) is 10.2 Å². The minimum Gasteiger partial charge on any atom is -0.338 e. The third kappa shape index (κ3) is 1.38. The molecule has 0 unspecified atom stereocenters. The maximum atomic E-state index is 10.7. The van der Waals surface area contributed by atoms with E-state index in [1.165, 1.54) is 12.8 Å². The van der Waals surface area contributed by atoms with Crippen LogP contribution in [0.25, 0.3) is 0 Å². The second kappa shape index (κ2) is 2.81. The molecule has 0 aromatic heterocycles. The third-order valence-electron chi connectivity index (χ3n) is 2.55. The Labute approximate surface area is 66.8 Å². The third-order valence-corrected chi connectivity index (χ3v) is 2.55. The summed E-state index contributed by atoms with van der Waals surface area (Å²) in [6, 6.07) is 1.07. The molecule has 0 spiro atoms. The van der Waals surface area contributed by atoms with Gasteiger partial charge < -0.3 is 10.2 Å². The van der Waals surface area contributed by atoms with Crippen molar-refractivity contribution in [3.8, 4) is 0 Å². The minimum atomic E-state index is 0.486. The lowest BCUT2D eigenvalue weighted by Gasteiger charge is -2.23. The van der Waals surface area contributed by atoms with Gasteiger partial charge in [0.05, 0.1) is 0 Å². The van der Waals surface area contributed by atoms with Crippen LogP contribution in [0.2, 0.25) is 0 Å². The number of nitrogens with zero attached hydrogens (tertiary/aromatic N) is 1. The predicted octanol–water partition coefficient (Wildman–Crippen LogP) is -0.0309. The topological polar surface area (TPSA) is 32.3 Å². The largest absolute Gasteiger partial charge is 0.338 e. The normalized spacial score (nSPS) is 30.4. The van der Waals surface area contributed by atoms with E-state index < -0.39 is 0 Å². The van der Waals surface area contributed by atoms with Gasteiger partial charge in [-0.2, -0.15) is 0 Å². The standard InChI is InChI=1S/C8H14N2O/c11-6-10(7-1-2-7)8-3-4-9-5-8/h6-9H,1-5H2/t8-/m1/s1. The van der Waals surface area contributed by atoms with Crippen LogP contribution in [0.1, 0.15) is 19.3 Å². The van der Waals surface area contributed by atoms with Gasteiger partial charge >= 0.3 is 0 Å². The first-order chi connectivity index (χ1) is 5.42. The van der Waals surface area contributed by atoms with E-state index in [1.807, 2.05) is 4.90 Å². The lowest BCUT2D eigenvalue weighted by Crippen LogP contribution is -2.37. The highest BCUT2D eigenvalue weighted by molar-refractivity contribution is 5.49. The van der Waals surface area contributed by atoms with Crippen molar-refractivity contribution in [1.29, 1.82) is 0 Å². The number of carbonyl (C=O) groups is 1. The van der Waals surface area contributed by atoms with Crippen LogP contribution in [0.3, 0.4) is 0 Å². The molecule has 2 aliphatic rings. The molecule has 1 aliphatic heterocycles. The Morgan fingerprint density at radius 3 is 2.55 bits per heavy atom. The monoisotopic (exact) mass is 154 g/mol. The molecule has 0 aromatic rings. The van der Waals surface area contributed by atoms with Gasteiger partial charge in [-0.15, -0.1) is 0 Å². The molecule has 0 aromatic carbocycles. The number of amides is 1. The maximum absolute atomic E-state index is 10.7. The average molecular weight is 154 g/mol. The highest BCUT2D eigenvalue weighted by Gasteiger charge is 2.33. The van der Waals surface area contributed by atoms with Gasteiger partial charge in [-0.3, -0.25) is 4.79 Å². The molecule has 3 heteroatoms. The fraction of sp³-hybridized carbons (Fsp3) is 0.875. The summed E-state index contributed by atoms with van der Waals surface area (Å²) in [4.78, 5) is 12.7. The van der Waals surface area contributed by atoms with Crippen LogP contribution >= 0.6 is 0 Å². The molecular weight excluding hydrogens is 140 g/mol. The van der Waals surface area contributed by atoms with Crippen molar-refractivity contribution >= 4 is 6.41 Å². The van der Waals surface area contributed by atoms with E-state index in [-0.39, 0.29) is 0 Å². The number of rotatable bonds is 3. The highest BCUT2D eigenvalue weighted by Crippen LogP contribution is 2.28. The quantitative estimate of drug-likeness (QED) is 0.579. The van der Waals surface area contributed by atoms with Crippen molar-refractivity contribution in [2.24, 2.45) is 0 Å². The van der Waals surface area contributed by atoms with Crippen LogP contribution in [0, 0.1) is 0 Å². The molecule has 3 nitrogen and oxygen atoms in total. The Kier molecular flexibility index (Phi) is 1.82. The van der Waals surface area contributed by atoms with Crippen molar-refractivity contribution in [3.05, 3.63) is 0 Å². The predicted molar refractivity (Wildman–Crippen MR) is 42.2 cm³/mol. The van der Waals surface area contributed by atoms with Gasteiger partial charge in [0.2, 0.25) is 6.41 Å². The zero-order valence-electron chi connectivity index (χ0n) is 6.62. The van der Waals surface area contributed by atoms with E-state index >= 15 is 0 Å². The molecule has 1 heterocycles. The molecule has 0 bridgehead atoms. The zero-order chi connectivity index (χ0) is 7.68. The van der Waals surface area contributed by atoms with E-state index in [2.05, 4.69) is 5.32 Å². The minimum absolute atomic E-state index is 0.486. The summed E-state index contributed by atoms with van der Waals surface area (Å²) in [5.74, 6) is 0. The van der Waals surface area contributed by atoms with E-state index in [4.69, 9.17) is 0 Å². The number of nitrogens with one attached hydrogen (secondary N) is 1. The molecule has 0 radical (unpaired) electrons. The first kappa shape index (κ1) is 7.10. The molecule has 62 valence electrons. The van der Waals surface area contributed by atoms with Gasteiger partial charge in [-0.25, -0.2) is 0 Å². The summed E-state index contributed by atoms with van der Waals surface area (Å²) < 4.78 is 0. The van der Waals surface area contributed by atoms with Gasteiger partial charge in [0.25, 0.3) is 0 Å². The second-order valence-electron chi connectivity index (χ2n) is 3.43. The first-order valence-corrected chi connectivity index (χ1v) is 4.35. The van der Waals surface area contributed by atoms with Crippen LogP contribution in [-0.4, -0.2) is 36.5 Å². The molecule has 1 aliphatic carbocycles. The van der Waals surface area contributed by atoms with Crippen molar-refractivity contribution in [3.63, 3.8) is 0 Å². The van der Waals surface area contributed by atoms with Crippen LogP contribution < -0.4 is 5.32 Å². The van der Waals surface area contributed by atoms with Crippen LogP contribution in [0.5, 0.6) is 0 Å². The van der Waals surface area contributed by atoms with E-state index in [1.54, 1.807) is 0 Å². The summed E-state index contributed by atoms with van der Waals surface area (Å²) in [5, 5.41) is 3.27. The van der Waals surface area contributed by atoms with Gasteiger partial charge in [-0.05, 0) is 25.8 Å². The van der Waals surface area contributed by atoms with Gasteiger partial charge in [0.1, 0.15) is 0 Å². The highest BCUT2D eigenvalue weighted by atomic mass is 16.1. The van der Waals surface area contributed by atoms with Gasteiger partial charge in [0.15, 0.2) is 0 Å².